The molecule has 0 atom stereocenters. The second-order valence-electron chi connectivity index (χ2n) is 6.90. The average molecular weight is 319 g/mol. The molecule has 1 aliphatic heterocycles. The van der Waals surface area contributed by atoms with Gasteiger partial charge >= 0.3 is 6.09 Å². The Bertz CT molecular complexity index is 505. The predicted molar refractivity (Wildman–Crippen MR) is 94.1 cm³/mol. The number of alkyl carbamates (subject to hydrolysis) is 1. The Morgan fingerprint density at radius 2 is 1.96 bits per heavy atom. The van der Waals surface area contributed by atoms with Crippen molar-refractivity contribution in [2.45, 2.75) is 39.2 Å². The van der Waals surface area contributed by atoms with Gasteiger partial charge in [-0.2, -0.15) is 0 Å². The van der Waals surface area contributed by atoms with Crippen LogP contribution in [-0.4, -0.2) is 44.4 Å². The number of hydrogen-bond acceptors (Lipinski definition) is 4. The number of hydrogen-bond donors (Lipinski definition) is 2. The molecule has 1 heterocycles. The fraction of sp³-hybridized carbons (Fsp3) is 0.611. The summed E-state index contributed by atoms with van der Waals surface area (Å²) in [5.74, 6) is 0. The van der Waals surface area contributed by atoms with Crippen molar-refractivity contribution in [3.8, 4) is 0 Å². The number of benzene rings is 1. The van der Waals surface area contributed by atoms with Crippen LogP contribution < -0.4 is 15.5 Å². The minimum absolute atomic E-state index is 0.340. The van der Waals surface area contributed by atoms with E-state index in [2.05, 4.69) is 39.8 Å². The van der Waals surface area contributed by atoms with Gasteiger partial charge in [-0.3, -0.25) is 0 Å². The molecule has 0 aliphatic carbocycles. The van der Waals surface area contributed by atoms with E-state index in [0.717, 1.165) is 39.0 Å². The minimum Gasteiger partial charge on any atom is -0.444 e. The Labute approximate surface area is 139 Å². The average Bonchev–Trinajstić information content (AvgIpc) is 2.51. The number of anilines is 1. The van der Waals surface area contributed by atoms with E-state index < -0.39 is 5.60 Å². The summed E-state index contributed by atoms with van der Waals surface area (Å²) in [6, 6.07) is 8.56. The van der Waals surface area contributed by atoms with Crippen LogP contribution in [0.25, 0.3) is 0 Å². The van der Waals surface area contributed by atoms with Gasteiger partial charge in [0.1, 0.15) is 5.60 Å². The van der Waals surface area contributed by atoms with E-state index in [1.807, 2.05) is 20.8 Å². The lowest BCUT2D eigenvalue weighted by atomic mass is 10.1. The number of rotatable bonds is 5. The molecule has 1 aromatic rings. The Hall–Kier alpha value is -1.75. The highest BCUT2D eigenvalue weighted by atomic mass is 16.6. The van der Waals surface area contributed by atoms with E-state index in [0.29, 0.717) is 6.54 Å². The number of nitrogens with zero attached hydrogens (tertiary/aromatic N) is 1. The number of carbonyl (C=O) groups excluding carboxylic acids is 1. The van der Waals surface area contributed by atoms with Crippen LogP contribution in [0.2, 0.25) is 0 Å². The zero-order valence-electron chi connectivity index (χ0n) is 14.5. The van der Waals surface area contributed by atoms with Crippen molar-refractivity contribution in [3.63, 3.8) is 0 Å². The largest absolute Gasteiger partial charge is 0.444 e. The van der Waals surface area contributed by atoms with E-state index in [-0.39, 0.29) is 6.09 Å². The summed E-state index contributed by atoms with van der Waals surface area (Å²) in [6.07, 6.45) is 1.52. The summed E-state index contributed by atoms with van der Waals surface area (Å²) in [7, 11) is 0. The molecule has 23 heavy (non-hydrogen) atoms. The van der Waals surface area contributed by atoms with Crippen molar-refractivity contribution in [2.24, 2.45) is 0 Å². The van der Waals surface area contributed by atoms with Crippen LogP contribution >= 0.6 is 0 Å². The topological polar surface area (TPSA) is 53.6 Å². The van der Waals surface area contributed by atoms with Crippen LogP contribution in [0.5, 0.6) is 0 Å². The highest BCUT2D eigenvalue weighted by Crippen LogP contribution is 2.22. The first-order valence-electron chi connectivity index (χ1n) is 8.46. The van der Waals surface area contributed by atoms with Crippen molar-refractivity contribution in [2.75, 3.05) is 37.6 Å². The van der Waals surface area contributed by atoms with Crippen molar-refractivity contribution in [1.29, 1.82) is 0 Å². The summed E-state index contributed by atoms with van der Waals surface area (Å²) < 4.78 is 5.24. The molecule has 5 heteroatoms. The molecule has 2 rings (SSSR count). The molecular weight excluding hydrogens is 290 g/mol. The van der Waals surface area contributed by atoms with E-state index in [9.17, 15) is 4.79 Å². The second kappa shape index (κ2) is 8.20. The lowest BCUT2D eigenvalue weighted by molar-refractivity contribution is 0.0527. The molecule has 1 aliphatic rings. The molecule has 0 bridgehead atoms. The fourth-order valence-electron chi connectivity index (χ4n) is 2.72. The quantitative estimate of drug-likeness (QED) is 0.819. The highest BCUT2D eigenvalue weighted by Gasteiger charge is 2.16. The fourth-order valence-corrected chi connectivity index (χ4v) is 2.72. The third-order valence-corrected chi connectivity index (χ3v) is 3.74. The molecule has 0 saturated carbocycles. The van der Waals surface area contributed by atoms with Crippen LogP contribution in [-0.2, 0) is 11.2 Å². The number of carbonyl (C=O) groups is 1. The van der Waals surface area contributed by atoms with Gasteiger partial charge in [-0.1, -0.05) is 18.2 Å². The molecule has 0 aromatic heterocycles. The molecule has 1 saturated heterocycles. The number of piperazine rings is 1. The first-order chi connectivity index (χ1) is 11.0. The van der Waals surface area contributed by atoms with Gasteiger partial charge in [0.2, 0.25) is 0 Å². The maximum absolute atomic E-state index is 11.6. The second-order valence-corrected chi connectivity index (χ2v) is 6.90. The Kier molecular flexibility index (Phi) is 6.28. The van der Waals surface area contributed by atoms with Gasteiger partial charge in [0.25, 0.3) is 0 Å². The molecule has 128 valence electrons. The van der Waals surface area contributed by atoms with E-state index >= 15 is 0 Å². The zero-order chi connectivity index (χ0) is 16.7. The van der Waals surface area contributed by atoms with E-state index in [4.69, 9.17) is 4.74 Å². The molecular formula is C18H29N3O2. The van der Waals surface area contributed by atoms with Gasteiger partial charge in [0.15, 0.2) is 0 Å². The summed E-state index contributed by atoms with van der Waals surface area (Å²) in [5.41, 5.74) is 2.23. The maximum atomic E-state index is 11.6. The van der Waals surface area contributed by atoms with Gasteiger partial charge in [0, 0.05) is 38.4 Å². The summed E-state index contributed by atoms with van der Waals surface area (Å²) in [6.45, 7) is 10.4. The zero-order valence-corrected chi connectivity index (χ0v) is 14.5. The maximum Gasteiger partial charge on any atom is 0.407 e. The monoisotopic (exact) mass is 319 g/mol. The van der Waals surface area contributed by atoms with Gasteiger partial charge in [-0.15, -0.1) is 0 Å². The van der Waals surface area contributed by atoms with Crippen molar-refractivity contribution in [1.82, 2.24) is 10.6 Å². The highest BCUT2D eigenvalue weighted by molar-refractivity contribution is 5.67. The SMILES string of the molecule is CC(C)(C)OC(=O)NCCCc1ccccc1N1CCNCC1. The first-order valence-corrected chi connectivity index (χ1v) is 8.46. The van der Waals surface area contributed by atoms with Gasteiger partial charge < -0.3 is 20.3 Å². The van der Waals surface area contributed by atoms with Crippen LogP contribution in [0.3, 0.4) is 0 Å². The third kappa shape index (κ3) is 6.10. The van der Waals surface area contributed by atoms with Crippen LogP contribution in [0.4, 0.5) is 10.5 Å². The predicted octanol–water partition coefficient (Wildman–Crippen LogP) is 2.55. The van der Waals surface area contributed by atoms with Crippen molar-refractivity contribution < 1.29 is 9.53 Å². The minimum atomic E-state index is -0.445. The molecule has 0 spiro atoms. The van der Waals surface area contributed by atoms with Gasteiger partial charge in [-0.05, 0) is 45.2 Å². The number of aryl methyl sites for hydroxylation is 1. The van der Waals surface area contributed by atoms with Crippen LogP contribution in [0, 0.1) is 0 Å². The number of nitrogens with one attached hydrogen (secondary N) is 2. The van der Waals surface area contributed by atoms with Gasteiger partial charge in [-0.25, -0.2) is 4.79 Å². The standard InChI is InChI=1S/C18H29N3O2/c1-18(2,3)23-17(22)20-10-6-8-15-7-4-5-9-16(15)21-13-11-19-12-14-21/h4-5,7,9,19H,6,8,10-14H2,1-3H3,(H,20,22). The third-order valence-electron chi connectivity index (χ3n) is 3.74. The summed E-state index contributed by atoms with van der Waals surface area (Å²) in [5, 5.41) is 6.21. The van der Waals surface area contributed by atoms with Crippen LogP contribution in [0.15, 0.2) is 24.3 Å². The normalized spacial score (nSPS) is 15.3. The number of amides is 1. The lowest BCUT2D eigenvalue weighted by Gasteiger charge is -2.31. The van der Waals surface area contributed by atoms with Crippen LogP contribution in [0.1, 0.15) is 32.8 Å². The van der Waals surface area contributed by atoms with E-state index in [1.165, 1.54) is 11.3 Å². The molecule has 1 amide bonds. The van der Waals surface area contributed by atoms with E-state index in [1.54, 1.807) is 0 Å². The first kappa shape index (κ1) is 17.6. The summed E-state index contributed by atoms with van der Waals surface area (Å²) >= 11 is 0. The molecule has 2 N–H and O–H groups in total. The molecule has 0 unspecified atom stereocenters. The molecule has 1 aromatic carbocycles. The Morgan fingerprint density at radius 3 is 2.65 bits per heavy atom. The van der Waals surface area contributed by atoms with Gasteiger partial charge in [0.05, 0.1) is 0 Å². The molecule has 1 fully saturated rings. The molecule has 0 radical (unpaired) electrons. The molecule has 5 nitrogen and oxygen atoms in total. The van der Waals surface area contributed by atoms with Crippen molar-refractivity contribution >= 4 is 11.8 Å². The smallest absolute Gasteiger partial charge is 0.407 e. The summed E-state index contributed by atoms with van der Waals surface area (Å²) in [4.78, 5) is 14.1. The van der Waals surface area contributed by atoms with Crippen molar-refractivity contribution in [3.05, 3.63) is 29.8 Å². The Balaban J connectivity index is 1.80. The number of para-hydroxylation sites is 1. The number of ether oxygens (including phenoxy) is 1. The Morgan fingerprint density at radius 1 is 1.26 bits per heavy atom. The lowest BCUT2D eigenvalue weighted by Crippen LogP contribution is -2.43.